The summed E-state index contributed by atoms with van der Waals surface area (Å²) in [6.45, 7) is 5.92. The number of hydrogen-bond acceptors (Lipinski definition) is 6. The third-order valence-corrected chi connectivity index (χ3v) is 6.03. The zero-order valence-electron chi connectivity index (χ0n) is 16.3. The van der Waals surface area contributed by atoms with Crippen LogP contribution in [0.5, 0.6) is 5.75 Å². The second-order valence-electron chi connectivity index (χ2n) is 6.87. The van der Waals surface area contributed by atoms with Crippen LogP contribution in [0.1, 0.15) is 35.9 Å². The molecule has 0 N–H and O–H groups in total. The number of benzene rings is 1. The summed E-state index contributed by atoms with van der Waals surface area (Å²) < 4.78 is 13.9. The van der Waals surface area contributed by atoms with Crippen LogP contribution in [0.4, 0.5) is 5.13 Å². The molecule has 0 saturated carbocycles. The van der Waals surface area contributed by atoms with Gasteiger partial charge in [-0.3, -0.25) is 14.4 Å². The lowest BCUT2D eigenvalue weighted by Crippen LogP contribution is -2.37. The summed E-state index contributed by atoms with van der Waals surface area (Å²) in [6.07, 6.45) is 2.00. The standard InChI is InChI=1S/C20H24N4O3S/c1-4-24-13(2)10-17(22-24)19(25)23(12-15-6-5-9-27-15)20-21-16-11-14(26-3)7-8-18(16)28-20/h7-8,10-11,15H,4-6,9,12H2,1-3H3. The first-order valence-electron chi connectivity index (χ1n) is 9.51. The van der Waals surface area contributed by atoms with E-state index in [2.05, 4.69) is 5.10 Å². The molecule has 1 fully saturated rings. The van der Waals surface area contributed by atoms with Crippen molar-refractivity contribution in [1.82, 2.24) is 14.8 Å². The summed E-state index contributed by atoms with van der Waals surface area (Å²) in [5, 5.41) is 5.13. The molecule has 2 aromatic heterocycles. The Morgan fingerprint density at radius 2 is 2.29 bits per heavy atom. The van der Waals surface area contributed by atoms with Crippen LogP contribution in [0, 0.1) is 6.92 Å². The number of carbonyl (C=O) groups excluding carboxylic acids is 1. The first kappa shape index (κ1) is 18.9. The number of ether oxygens (including phenoxy) is 2. The van der Waals surface area contributed by atoms with Gasteiger partial charge >= 0.3 is 0 Å². The minimum atomic E-state index is -0.142. The molecule has 0 radical (unpaired) electrons. The zero-order chi connectivity index (χ0) is 19.7. The van der Waals surface area contributed by atoms with Crippen LogP contribution >= 0.6 is 11.3 Å². The fourth-order valence-electron chi connectivity index (χ4n) is 3.45. The van der Waals surface area contributed by atoms with Crippen molar-refractivity contribution in [1.29, 1.82) is 0 Å². The maximum absolute atomic E-state index is 13.4. The van der Waals surface area contributed by atoms with Gasteiger partial charge in [0.15, 0.2) is 10.8 Å². The molecule has 1 aromatic carbocycles. The van der Waals surface area contributed by atoms with Crippen LogP contribution in [0.25, 0.3) is 10.2 Å². The van der Waals surface area contributed by atoms with Crippen molar-refractivity contribution in [2.45, 2.75) is 39.3 Å². The molecule has 1 unspecified atom stereocenters. The van der Waals surface area contributed by atoms with Gasteiger partial charge in [0.1, 0.15) is 5.75 Å². The summed E-state index contributed by atoms with van der Waals surface area (Å²) in [6, 6.07) is 7.60. The number of nitrogens with zero attached hydrogens (tertiary/aromatic N) is 4. The number of aromatic nitrogens is 3. The molecule has 1 amide bonds. The Balaban J connectivity index is 1.70. The van der Waals surface area contributed by atoms with Crippen molar-refractivity contribution in [2.24, 2.45) is 0 Å². The van der Waals surface area contributed by atoms with Gasteiger partial charge in [0.25, 0.3) is 5.91 Å². The SMILES string of the molecule is CCn1nc(C(=O)N(CC2CCCO2)c2nc3cc(OC)ccc3s2)cc1C. The van der Waals surface area contributed by atoms with Gasteiger partial charge in [0, 0.05) is 24.9 Å². The molecule has 7 nitrogen and oxygen atoms in total. The Bertz CT molecular complexity index is 991. The van der Waals surface area contributed by atoms with E-state index < -0.39 is 0 Å². The van der Waals surface area contributed by atoms with E-state index in [1.54, 1.807) is 12.0 Å². The molecule has 0 bridgehead atoms. The average molecular weight is 401 g/mol. The summed E-state index contributed by atoms with van der Waals surface area (Å²) in [5.74, 6) is 0.607. The number of anilines is 1. The predicted molar refractivity (Wildman–Crippen MR) is 109 cm³/mol. The lowest BCUT2D eigenvalue weighted by Gasteiger charge is -2.22. The smallest absolute Gasteiger partial charge is 0.280 e. The van der Waals surface area contributed by atoms with Crippen LogP contribution in [-0.4, -0.2) is 47.0 Å². The summed E-state index contributed by atoms with van der Waals surface area (Å²) >= 11 is 1.50. The summed E-state index contributed by atoms with van der Waals surface area (Å²) in [7, 11) is 1.63. The Labute approximate surface area is 167 Å². The van der Waals surface area contributed by atoms with E-state index in [1.165, 1.54) is 11.3 Å². The number of hydrogen-bond donors (Lipinski definition) is 0. The Morgan fingerprint density at radius 3 is 2.96 bits per heavy atom. The first-order valence-corrected chi connectivity index (χ1v) is 10.3. The van der Waals surface area contributed by atoms with Crippen LogP contribution in [0.2, 0.25) is 0 Å². The van der Waals surface area contributed by atoms with Crippen molar-refractivity contribution in [3.8, 4) is 5.75 Å². The van der Waals surface area contributed by atoms with Gasteiger partial charge in [-0.2, -0.15) is 5.10 Å². The highest BCUT2D eigenvalue weighted by Gasteiger charge is 2.28. The number of methoxy groups -OCH3 is 1. The lowest BCUT2D eigenvalue weighted by atomic mass is 10.2. The molecule has 1 aliphatic heterocycles. The molecule has 8 heteroatoms. The van der Waals surface area contributed by atoms with E-state index in [9.17, 15) is 4.79 Å². The molecule has 3 heterocycles. The number of amides is 1. The monoisotopic (exact) mass is 400 g/mol. The zero-order valence-corrected chi connectivity index (χ0v) is 17.2. The molecule has 0 aliphatic carbocycles. The molecular formula is C20H24N4O3S. The molecule has 4 rings (SSSR count). The second-order valence-corrected chi connectivity index (χ2v) is 7.88. The summed E-state index contributed by atoms with van der Waals surface area (Å²) in [4.78, 5) is 19.8. The van der Waals surface area contributed by atoms with Gasteiger partial charge in [-0.1, -0.05) is 11.3 Å². The fourth-order valence-corrected chi connectivity index (χ4v) is 4.40. The second kappa shape index (κ2) is 7.89. The maximum atomic E-state index is 13.4. The topological polar surface area (TPSA) is 69.5 Å². The van der Waals surface area contributed by atoms with Gasteiger partial charge in [-0.15, -0.1) is 0 Å². The van der Waals surface area contributed by atoms with Crippen molar-refractivity contribution in [2.75, 3.05) is 25.2 Å². The van der Waals surface area contributed by atoms with Gasteiger partial charge in [0.2, 0.25) is 0 Å². The van der Waals surface area contributed by atoms with E-state index in [1.807, 2.05) is 42.8 Å². The Morgan fingerprint density at radius 1 is 1.43 bits per heavy atom. The average Bonchev–Trinajstić information content (AvgIpc) is 3.44. The van der Waals surface area contributed by atoms with E-state index in [0.29, 0.717) is 17.4 Å². The summed E-state index contributed by atoms with van der Waals surface area (Å²) in [5.41, 5.74) is 2.23. The minimum Gasteiger partial charge on any atom is -0.497 e. The van der Waals surface area contributed by atoms with E-state index in [4.69, 9.17) is 14.5 Å². The fraction of sp³-hybridized carbons (Fsp3) is 0.450. The van der Waals surface area contributed by atoms with Crippen molar-refractivity contribution in [3.05, 3.63) is 35.7 Å². The molecule has 0 spiro atoms. The maximum Gasteiger partial charge on any atom is 0.280 e. The van der Waals surface area contributed by atoms with Crippen LogP contribution in [0.15, 0.2) is 24.3 Å². The van der Waals surface area contributed by atoms with Crippen molar-refractivity contribution >= 4 is 32.6 Å². The molecule has 3 aromatic rings. The predicted octanol–water partition coefficient (Wildman–Crippen LogP) is 3.66. The number of aryl methyl sites for hydroxylation is 2. The van der Waals surface area contributed by atoms with Gasteiger partial charge in [-0.05, 0) is 44.9 Å². The van der Waals surface area contributed by atoms with E-state index in [-0.39, 0.29) is 12.0 Å². The number of carbonyl (C=O) groups is 1. The van der Waals surface area contributed by atoms with Gasteiger partial charge in [0.05, 0.1) is 30.0 Å². The molecule has 1 atom stereocenters. The quantitative estimate of drug-likeness (QED) is 0.632. The third-order valence-electron chi connectivity index (χ3n) is 4.97. The van der Waals surface area contributed by atoms with Crippen LogP contribution in [0.3, 0.4) is 0 Å². The van der Waals surface area contributed by atoms with Crippen molar-refractivity contribution < 1.29 is 14.3 Å². The molecular weight excluding hydrogens is 376 g/mol. The largest absolute Gasteiger partial charge is 0.497 e. The van der Waals surface area contributed by atoms with Gasteiger partial charge in [-0.25, -0.2) is 4.98 Å². The third kappa shape index (κ3) is 3.62. The normalized spacial score (nSPS) is 16.6. The Hall–Kier alpha value is -2.45. The highest BCUT2D eigenvalue weighted by atomic mass is 32.1. The Kier molecular flexibility index (Phi) is 5.32. The van der Waals surface area contributed by atoms with Crippen LogP contribution < -0.4 is 9.64 Å². The van der Waals surface area contributed by atoms with Crippen LogP contribution in [-0.2, 0) is 11.3 Å². The lowest BCUT2D eigenvalue weighted by molar-refractivity contribution is 0.0912. The minimum absolute atomic E-state index is 0.0276. The first-order chi connectivity index (χ1) is 13.6. The van der Waals surface area contributed by atoms with E-state index >= 15 is 0 Å². The highest BCUT2D eigenvalue weighted by molar-refractivity contribution is 7.22. The highest BCUT2D eigenvalue weighted by Crippen LogP contribution is 2.32. The number of thiazole rings is 1. The molecule has 148 valence electrons. The molecule has 1 saturated heterocycles. The molecule has 28 heavy (non-hydrogen) atoms. The number of fused-ring (bicyclic) bond motifs is 1. The van der Waals surface area contributed by atoms with E-state index in [0.717, 1.165) is 47.7 Å². The van der Waals surface area contributed by atoms with Gasteiger partial charge < -0.3 is 9.47 Å². The van der Waals surface area contributed by atoms with Crippen molar-refractivity contribution in [3.63, 3.8) is 0 Å². The molecule has 1 aliphatic rings. The number of rotatable bonds is 6.